The summed E-state index contributed by atoms with van der Waals surface area (Å²) in [6.45, 7) is 5.98. The van der Waals surface area contributed by atoms with Gasteiger partial charge in [0.05, 0.1) is 0 Å². The second-order valence-corrected chi connectivity index (χ2v) is 3.65. The molecule has 0 atom stereocenters. The Morgan fingerprint density at radius 2 is 2.36 bits per heavy atom. The van der Waals surface area contributed by atoms with Gasteiger partial charge in [0.15, 0.2) is 0 Å². The van der Waals surface area contributed by atoms with Gasteiger partial charge in [0.1, 0.15) is 11.8 Å². The highest BCUT2D eigenvalue weighted by atomic mass is 14.9. The van der Waals surface area contributed by atoms with Gasteiger partial charge in [-0.1, -0.05) is 19.9 Å². The molecule has 1 N–H and O–H groups in total. The Kier molecular flexibility index (Phi) is 4.09. The molecule has 0 bridgehead atoms. The lowest BCUT2D eigenvalue weighted by Gasteiger charge is -2.07. The highest BCUT2D eigenvalue weighted by Gasteiger charge is 2.01. The van der Waals surface area contributed by atoms with Crippen LogP contribution in [-0.2, 0) is 6.54 Å². The lowest BCUT2D eigenvalue weighted by atomic mass is 10.2. The first-order valence-corrected chi connectivity index (χ1v) is 4.78. The first kappa shape index (κ1) is 10.7. The van der Waals surface area contributed by atoms with Crippen molar-refractivity contribution in [3.63, 3.8) is 0 Å². The van der Waals surface area contributed by atoms with Gasteiger partial charge in [-0.15, -0.1) is 0 Å². The molecule has 0 aliphatic rings. The van der Waals surface area contributed by atoms with E-state index in [-0.39, 0.29) is 0 Å². The molecule has 1 aromatic heterocycles. The Morgan fingerprint density at radius 1 is 1.57 bits per heavy atom. The van der Waals surface area contributed by atoms with Crippen LogP contribution in [0.2, 0.25) is 0 Å². The van der Waals surface area contributed by atoms with Crippen molar-refractivity contribution in [2.45, 2.75) is 20.4 Å². The van der Waals surface area contributed by atoms with E-state index in [9.17, 15) is 0 Å². The van der Waals surface area contributed by atoms with Gasteiger partial charge in [-0.05, 0) is 18.5 Å². The average molecular weight is 189 g/mol. The Labute approximate surface area is 84.8 Å². The quantitative estimate of drug-likeness (QED) is 0.784. The molecule has 0 spiro atoms. The van der Waals surface area contributed by atoms with Crippen LogP contribution in [0.15, 0.2) is 18.3 Å². The van der Waals surface area contributed by atoms with Crippen LogP contribution >= 0.6 is 0 Å². The van der Waals surface area contributed by atoms with E-state index in [1.54, 1.807) is 6.20 Å². The van der Waals surface area contributed by atoms with E-state index in [0.29, 0.717) is 11.6 Å². The van der Waals surface area contributed by atoms with Crippen LogP contribution < -0.4 is 5.32 Å². The first-order valence-electron chi connectivity index (χ1n) is 4.78. The molecule has 0 aliphatic heterocycles. The highest BCUT2D eigenvalue weighted by molar-refractivity contribution is 5.30. The zero-order valence-corrected chi connectivity index (χ0v) is 8.62. The third-order valence-corrected chi connectivity index (χ3v) is 1.87. The van der Waals surface area contributed by atoms with Crippen molar-refractivity contribution in [2.75, 3.05) is 6.54 Å². The van der Waals surface area contributed by atoms with Crippen molar-refractivity contribution in [1.29, 1.82) is 5.26 Å². The standard InChI is InChI=1S/C11H15N3/c1-9(2)7-13-8-10-4-3-5-14-11(10)6-12/h3-5,9,13H,7-8H2,1-2H3. The molecule has 1 rings (SSSR count). The number of nitrogens with zero attached hydrogens (tertiary/aromatic N) is 2. The van der Waals surface area contributed by atoms with Crippen LogP contribution in [0.4, 0.5) is 0 Å². The van der Waals surface area contributed by atoms with Crippen molar-refractivity contribution in [2.24, 2.45) is 5.92 Å². The van der Waals surface area contributed by atoms with Crippen molar-refractivity contribution in [3.05, 3.63) is 29.6 Å². The molecular formula is C11H15N3. The summed E-state index contributed by atoms with van der Waals surface area (Å²) in [7, 11) is 0. The summed E-state index contributed by atoms with van der Waals surface area (Å²) in [6, 6.07) is 5.87. The van der Waals surface area contributed by atoms with E-state index in [0.717, 1.165) is 18.7 Å². The van der Waals surface area contributed by atoms with Crippen molar-refractivity contribution >= 4 is 0 Å². The number of aromatic nitrogens is 1. The third-order valence-electron chi connectivity index (χ3n) is 1.87. The second-order valence-electron chi connectivity index (χ2n) is 3.65. The van der Waals surface area contributed by atoms with E-state index in [2.05, 4.69) is 30.2 Å². The van der Waals surface area contributed by atoms with Crippen molar-refractivity contribution in [1.82, 2.24) is 10.3 Å². The first-order chi connectivity index (χ1) is 6.74. The fourth-order valence-electron chi connectivity index (χ4n) is 1.18. The molecule has 0 fully saturated rings. The molecule has 0 radical (unpaired) electrons. The zero-order chi connectivity index (χ0) is 10.4. The molecule has 0 saturated heterocycles. The van der Waals surface area contributed by atoms with E-state index in [1.807, 2.05) is 12.1 Å². The summed E-state index contributed by atoms with van der Waals surface area (Å²) in [5.74, 6) is 0.622. The van der Waals surface area contributed by atoms with Gasteiger partial charge in [-0.3, -0.25) is 0 Å². The Balaban J connectivity index is 2.54. The third kappa shape index (κ3) is 3.15. The smallest absolute Gasteiger partial charge is 0.144 e. The van der Waals surface area contributed by atoms with Gasteiger partial charge in [0.2, 0.25) is 0 Å². The summed E-state index contributed by atoms with van der Waals surface area (Å²) in [4.78, 5) is 3.99. The number of rotatable bonds is 4. The normalized spacial score (nSPS) is 10.1. The van der Waals surface area contributed by atoms with E-state index >= 15 is 0 Å². The lowest BCUT2D eigenvalue weighted by molar-refractivity contribution is 0.551. The average Bonchev–Trinajstić information content (AvgIpc) is 2.18. The zero-order valence-electron chi connectivity index (χ0n) is 8.62. The van der Waals surface area contributed by atoms with Crippen molar-refractivity contribution < 1.29 is 0 Å². The van der Waals surface area contributed by atoms with Gasteiger partial charge in [0.25, 0.3) is 0 Å². The summed E-state index contributed by atoms with van der Waals surface area (Å²) >= 11 is 0. The minimum atomic E-state index is 0.517. The molecular weight excluding hydrogens is 174 g/mol. The molecule has 0 aliphatic carbocycles. The van der Waals surface area contributed by atoms with Gasteiger partial charge in [0, 0.05) is 18.3 Å². The van der Waals surface area contributed by atoms with E-state index in [4.69, 9.17) is 5.26 Å². The van der Waals surface area contributed by atoms with Gasteiger partial charge in [-0.25, -0.2) is 4.98 Å². The SMILES string of the molecule is CC(C)CNCc1cccnc1C#N. The predicted molar refractivity (Wildman–Crippen MR) is 55.5 cm³/mol. The van der Waals surface area contributed by atoms with E-state index < -0.39 is 0 Å². The lowest BCUT2D eigenvalue weighted by Crippen LogP contribution is -2.19. The van der Waals surface area contributed by atoms with Crippen LogP contribution in [0, 0.1) is 17.2 Å². The van der Waals surface area contributed by atoms with Crippen LogP contribution in [0.5, 0.6) is 0 Å². The largest absolute Gasteiger partial charge is 0.312 e. The molecule has 0 aromatic carbocycles. The number of nitriles is 1. The van der Waals surface area contributed by atoms with Gasteiger partial charge >= 0.3 is 0 Å². The Hall–Kier alpha value is -1.40. The van der Waals surface area contributed by atoms with Crippen LogP contribution in [0.1, 0.15) is 25.1 Å². The minimum Gasteiger partial charge on any atom is -0.312 e. The Morgan fingerprint density at radius 3 is 3.00 bits per heavy atom. The minimum absolute atomic E-state index is 0.517. The number of nitrogens with one attached hydrogen (secondary N) is 1. The molecule has 1 heterocycles. The summed E-state index contributed by atoms with van der Waals surface area (Å²) < 4.78 is 0. The van der Waals surface area contributed by atoms with Gasteiger partial charge < -0.3 is 5.32 Å². The Bertz CT molecular complexity index is 326. The fourth-order valence-corrected chi connectivity index (χ4v) is 1.18. The predicted octanol–water partition coefficient (Wildman–Crippen LogP) is 1.70. The maximum absolute atomic E-state index is 8.79. The van der Waals surface area contributed by atoms with Crippen LogP contribution in [0.3, 0.4) is 0 Å². The highest BCUT2D eigenvalue weighted by Crippen LogP contribution is 2.03. The molecule has 14 heavy (non-hydrogen) atoms. The summed E-state index contributed by atoms with van der Waals surface area (Å²) in [6.07, 6.45) is 1.64. The number of hydrogen-bond acceptors (Lipinski definition) is 3. The maximum Gasteiger partial charge on any atom is 0.144 e. The second kappa shape index (κ2) is 5.36. The van der Waals surface area contributed by atoms with Crippen LogP contribution in [-0.4, -0.2) is 11.5 Å². The molecule has 3 nitrogen and oxygen atoms in total. The van der Waals surface area contributed by atoms with Crippen LogP contribution in [0.25, 0.3) is 0 Å². The monoisotopic (exact) mass is 189 g/mol. The topological polar surface area (TPSA) is 48.7 Å². The fraction of sp³-hybridized carbons (Fsp3) is 0.455. The molecule has 0 saturated carbocycles. The van der Waals surface area contributed by atoms with Gasteiger partial charge in [-0.2, -0.15) is 5.26 Å². The molecule has 0 amide bonds. The molecule has 74 valence electrons. The maximum atomic E-state index is 8.79. The summed E-state index contributed by atoms with van der Waals surface area (Å²) in [5, 5.41) is 12.1. The summed E-state index contributed by atoms with van der Waals surface area (Å²) in [5.41, 5.74) is 1.49. The molecule has 0 unspecified atom stereocenters. The number of pyridine rings is 1. The molecule has 3 heteroatoms. The number of hydrogen-bond donors (Lipinski definition) is 1. The van der Waals surface area contributed by atoms with E-state index in [1.165, 1.54) is 0 Å². The molecule has 1 aromatic rings. The van der Waals surface area contributed by atoms with Crippen molar-refractivity contribution in [3.8, 4) is 6.07 Å².